The minimum Gasteiger partial charge on any atom is -0.390 e. The summed E-state index contributed by atoms with van der Waals surface area (Å²) < 4.78 is 0. The van der Waals surface area contributed by atoms with Gasteiger partial charge in [0.1, 0.15) is 0 Å². The van der Waals surface area contributed by atoms with Crippen molar-refractivity contribution < 1.29 is 0 Å². The molecule has 0 amide bonds. The van der Waals surface area contributed by atoms with Crippen molar-refractivity contribution in [1.29, 1.82) is 0 Å². The Bertz CT molecular complexity index is 511. The number of thiophene rings is 1. The van der Waals surface area contributed by atoms with Gasteiger partial charge in [-0.05, 0) is 37.5 Å². The molecule has 0 aliphatic carbocycles. The van der Waals surface area contributed by atoms with Crippen molar-refractivity contribution in [2.24, 2.45) is 0 Å². The number of aryl methyl sites for hydroxylation is 3. The molecule has 0 bridgehead atoms. The molecule has 1 heterocycles. The van der Waals surface area contributed by atoms with Gasteiger partial charge in [0.2, 0.25) is 0 Å². The average Bonchev–Trinajstić information content (AvgIpc) is 2.63. The number of nitrogens with two attached hydrogens (primary N) is 1. The SMILES string of the molecule is CCc1cc(-c2cc(C)ccc2C)c(N)s1. The van der Waals surface area contributed by atoms with Gasteiger partial charge in [-0.2, -0.15) is 0 Å². The Morgan fingerprint density at radius 2 is 1.88 bits per heavy atom. The Kier molecular flexibility index (Phi) is 3.01. The number of hydrogen-bond acceptors (Lipinski definition) is 2. The fourth-order valence-electron chi connectivity index (χ4n) is 1.87. The molecule has 84 valence electrons. The molecule has 2 heteroatoms. The topological polar surface area (TPSA) is 26.0 Å². The summed E-state index contributed by atoms with van der Waals surface area (Å²) in [7, 11) is 0. The quantitative estimate of drug-likeness (QED) is 0.824. The smallest absolute Gasteiger partial charge is 0.0939 e. The van der Waals surface area contributed by atoms with Gasteiger partial charge in [0.15, 0.2) is 0 Å². The van der Waals surface area contributed by atoms with Crippen molar-refractivity contribution in [2.45, 2.75) is 27.2 Å². The van der Waals surface area contributed by atoms with Gasteiger partial charge in [-0.3, -0.25) is 0 Å². The molecule has 0 saturated heterocycles. The highest BCUT2D eigenvalue weighted by Gasteiger charge is 2.09. The van der Waals surface area contributed by atoms with E-state index in [0.717, 1.165) is 11.4 Å². The van der Waals surface area contributed by atoms with E-state index < -0.39 is 0 Å². The molecule has 2 aromatic rings. The van der Waals surface area contributed by atoms with E-state index in [4.69, 9.17) is 5.73 Å². The van der Waals surface area contributed by atoms with Crippen LogP contribution in [-0.2, 0) is 6.42 Å². The molecular formula is C14H17NS. The molecule has 2 N–H and O–H groups in total. The molecular weight excluding hydrogens is 214 g/mol. The molecule has 1 aromatic heterocycles. The average molecular weight is 231 g/mol. The third-order valence-corrected chi connectivity index (χ3v) is 3.95. The Hall–Kier alpha value is -1.28. The zero-order chi connectivity index (χ0) is 11.7. The first kappa shape index (κ1) is 11.2. The lowest BCUT2D eigenvalue weighted by atomic mass is 10.00. The van der Waals surface area contributed by atoms with Crippen molar-refractivity contribution in [3.05, 3.63) is 40.3 Å². The molecule has 1 nitrogen and oxygen atoms in total. The van der Waals surface area contributed by atoms with Gasteiger partial charge in [0, 0.05) is 10.4 Å². The van der Waals surface area contributed by atoms with Crippen LogP contribution in [0.15, 0.2) is 24.3 Å². The minimum absolute atomic E-state index is 0.936. The molecule has 0 unspecified atom stereocenters. The van der Waals surface area contributed by atoms with Gasteiger partial charge in [-0.15, -0.1) is 11.3 Å². The van der Waals surface area contributed by atoms with Crippen LogP contribution in [0.3, 0.4) is 0 Å². The van der Waals surface area contributed by atoms with Crippen molar-refractivity contribution >= 4 is 16.3 Å². The molecule has 0 fully saturated rings. The first-order valence-electron chi connectivity index (χ1n) is 5.57. The zero-order valence-electron chi connectivity index (χ0n) is 10.0. The van der Waals surface area contributed by atoms with Crippen LogP contribution in [0.25, 0.3) is 11.1 Å². The molecule has 1 aromatic carbocycles. The molecule has 2 rings (SSSR count). The monoisotopic (exact) mass is 231 g/mol. The molecule has 0 radical (unpaired) electrons. The summed E-state index contributed by atoms with van der Waals surface area (Å²) in [5.74, 6) is 0. The lowest BCUT2D eigenvalue weighted by Crippen LogP contribution is -1.87. The van der Waals surface area contributed by atoms with E-state index in [-0.39, 0.29) is 0 Å². The highest BCUT2D eigenvalue weighted by atomic mass is 32.1. The van der Waals surface area contributed by atoms with Crippen LogP contribution in [0, 0.1) is 13.8 Å². The van der Waals surface area contributed by atoms with Gasteiger partial charge < -0.3 is 5.73 Å². The van der Waals surface area contributed by atoms with Crippen molar-refractivity contribution in [1.82, 2.24) is 0 Å². The van der Waals surface area contributed by atoms with Crippen LogP contribution < -0.4 is 5.73 Å². The fourth-order valence-corrected chi connectivity index (χ4v) is 2.75. The van der Waals surface area contributed by atoms with E-state index in [1.54, 1.807) is 11.3 Å². The van der Waals surface area contributed by atoms with Gasteiger partial charge in [-0.25, -0.2) is 0 Å². The van der Waals surface area contributed by atoms with E-state index in [0.29, 0.717) is 0 Å². The Morgan fingerprint density at radius 3 is 2.50 bits per heavy atom. The predicted molar refractivity (Wildman–Crippen MR) is 73.0 cm³/mol. The summed E-state index contributed by atoms with van der Waals surface area (Å²) in [6.07, 6.45) is 1.06. The normalized spacial score (nSPS) is 10.7. The first-order chi connectivity index (χ1) is 7.61. The lowest BCUT2D eigenvalue weighted by molar-refractivity contribution is 1.19. The predicted octanol–water partition coefficient (Wildman–Crippen LogP) is 4.18. The summed E-state index contributed by atoms with van der Waals surface area (Å²) in [5, 5.41) is 0.936. The van der Waals surface area contributed by atoms with Gasteiger partial charge in [0.25, 0.3) is 0 Å². The Balaban J connectivity index is 2.57. The maximum Gasteiger partial charge on any atom is 0.0939 e. The molecule has 0 aliphatic rings. The fraction of sp³-hybridized carbons (Fsp3) is 0.286. The van der Waals surface area contributed by atoms with E-state index in [1.807, 2.05) is 0 Å². The van der Waals surface area contributed by atoms with Crippen LogP contribution in [0.5, 0.6) is 0 Å². The molecule has 0 aliphatic heterocycles. The second kappa shape index (κ2) is 4.30. The number of hydrogen-bond donors (Lipinski definition) is 1. The van der Waals surface area contributed by atoms with Crippen LogP contribution in [0.4, 0.5) is 5.00 Å². The Labute approximate surface area is 101 Å². The van der Waals surface area contributed by atoms with E-state index in [9.17, 15) is 0 Å². The summed E-state index contributed by atoms with van der Waals surface area (Å²) in [4.78, 5) is 1.36. The van der Waals surface area contributed by atoms with E-state index in [1.165, 1.54) is 27.1 Å². The van der Waals surface area contributed by atoms with Crippen molar-refractivity contribution in [2.75, 3.05) is 5.73 Å². The summed E-state index contributed by atoms with van der Waals surface area (Å²) >= 11 is 1.70. The second-order valence-electron chi connectivity index (χ2n) is 4.16. The standard InChI is InChI=1S/C14H17NS/c1-4-11-8-13(14(15)16-11)12-7-9(2)5-6-10(12)3/h5-8H,4,15H2,1-3H3. The molecule has 0 atom stereocenters. The number of benzene rings is 1. The van der Waals surface area contributed by atoms with E-state index in [2.05, 4.69) is 45.0 Å². The Morgan fingerprint density at radius 1 is 1.12 bits per heavy atom. The highest BCUT2D eigenvalue weighted by Crippen LogP contribution is 2.36. The number of rotatable bonds is 2. The van der Waals surface area contributed by atoms with Crippen LogP contribution in [-0.4, -0.2) is 0 Å². The third kappa shape index (κ3) is 1.98. The maximum absolute atomic E-state index is 6.09. The van der Waals surface area contributed by atoms with Gasteiger partial charge in [0.05, 0.1) is 5.00 Å². The summed E-state index contributed by atoms with van der Waals surface area (Å²) in [5.41, 5.74) is 11.1. The zero-order valence-corrected chi connectivity index (χ0v) is 10.8. The summed E-state index contributed by atoms with van der Waals surface area (Å²) in [6, 6.07) is 8.74. The second-order valence-corrected chi connectivity index (χ2v) is 5.33. The molecule has 0 saturated carbocycles. The van der Waals surface area contributed by atoms with Gasteiger partial charge >= 0.3 is 0 Å². The minimum atomic E-state index is 0.936. The molecule has 0 spiro atoms. The van der Waals surface area contributed by atoms with Crippen LogP contribution >= 0.6 is 11.3 Å². The van der Waals surface area contributed by atoms with Crippen LogP contribution in [0.2, 0.25) is 0 Å². The highest BCUT2D eigenvalue weighted by molar-refractivity contribution is 7.16. The number of nitrogen functional groups attached to an aromatic ring is 1. The number of anilines is 1. The van der Waals surface area contributed by atoms with Crippen molar-refractivity contribution in [3.8, 4) is 11.1 Å². The van der Waals surface area contributed by atoms with Gasteiger partial charge in [-0.1, -0.05) is 30.7 Å². The van der Waals surface area contributed by atoms with Crippen LogP contribution in [0.1, 0.15) is 22.9 Å². The third-order valence-electron chi connectivity index (χ3n) is 2.84. The lowest BCUT2D eigenvalue weighted by Gasteiger charge is -2.06. The first-order valence-corrected chi connectivity index (χ1v) is 6.39. The maximum atomic E-state index is 6.09. The van der Waals surface area contributed by atoms with Crippen molar-refractivity contribution in [3.63, 3.8) is 0 Å². The largest absolute Gasteiger partial charge is 0.390 e. The van der Waals surface area contributed by atoms with E-state index >= 15 is 0 Å². The molecule has 16 heavy (non-hydrogen) atoms. The summed E-state index contributed by atoms with van der Waals surface area (Å²) in [6.45, 7) is 6.42.